The maximum absolute atomic E-state index is 12.4. The Balaban J connectivity index is 1.82. The smallest absolute Gasteiger partial charge is 0.390 e. The molecule has 0 aliphatic rings. The number of para-hydroxylation sites is 2. The van der Waals surface area contributed by atoms with E-state index in [9.17, 15) is 25.0 Å². The molecule has 0 saturated heterocycles. The Morgan fingerprint density at radius 2 is 1.81 bits per heavy atom. The summed E-state index contributed by atoms with van der Waals surface area (Å²) < 4.78 is 12.1. The highest BCUT2D eigenvalue weighted by atomic mass is 16.6. The summed E-state index contributed by atoms with van der Waals surface area (Å²) in [5.74, 6) is -0.0875. The number of ether oxygens (including phenoxy) is 2. The van der Waals surface area contributed by atoms with Crippen LogP contribution in [0.1, 0.15) is 5.69 Å². The molecule has 1 heterocycles. The normalized spacial score (nSPS) is 10.4. The summed E-state index contributed by atoms with van der Waals surface area (Å²) >= 11 is 0. The molecule has 1 amide bonds. The average Bonchev–Trinajstić information content (AvgIpc) is 3.08. The number of nitrogens with zero attached hydrogens (tertiary/aromatic N) is 4. The number of non-ortho nitro benzene ring substituents is 1. The topological polar surface area (TPSA) is 152 Å². The van der Waals surface area contributed by atoms with E-state index < -0.39 is 15.8 Å². The predicted molar refractivity (Wildman–Crippen MR) is 108 cm³/mol. The molecule has 0 unspecified atom stereocenters. The molecule has 12 nitrogen and oxygen atoms in total. The third-order valence-corrected chi connectivity index (χ3v) is 4.13. The van der Waals surface area contributed by atoms with Gasteiger partial charge in [0, 0.05) is 12.1 Å². The van der Waals surface area contributed by atoms with Gasteiger partial charge < -0.3 is 24.9 Å². The van der Waals surface area contributed by atoms with Crippen molar-refractivity contribution in [3.8, 4) is 17.2 Å². The Kier molecular flexibility index (Phi) is 6.10. The molecule has 1 aromatic heterocycles. The minimum Gasteiger partial charge on any atom is -0.493 e. The number of hydrogen-bond acceptors (Lipinski definition) is 8. The van der Waals surface area contributed by atoms with Crippen molar-refractivity contribution >= 4 is 23.1 Å². The number of carbonyl (C=O) groups is 1. The van der Waals surface area contributed by atoms with Gasteiger partial charge >= 0.3 is 5.82 Å². The number of amides is 1. The number of aryl methyl sites for hydroxylation is 1. The molecule has 0 fully saturated rings. The van der Waals surface area contributed by atoms with Gasteiger partial charge in [-0.1, -0.05) is 12.1 Å². The minimum absolute atomic E-state index is 0.111. The largest absolute Gasteiger partial charge is 0.493 e. The summed E-state index contributed by atoms with van der Waals surface area (Å²) in [7, 11) is 1.46. The summed E-state index contributed by atoms with van der Waals surface area (Å²) in [5.41, 5.74) is 0.234. The van der Waals surface area contributed by atoms with Crippen molar-refractivity contribution in [3.63, 3.8) is 0 Å². The van der Waals surface area contributed by atoms with Crippen molar-refractivity contribution in [2.45, 2.75) is 13.5 Å². The van der Waals surface area contributed by atoms with Crippen LogP contribution in [0.25, 0.3) is 0 Å². The molecule has 2 aromatic carbocycles. The van der Waals surface area contributed by atoms with Crippen LogP contribution >= 0.6 is 0 Å². The summed E-state index contributed by atoms with van der Waals surface area (Å²) in [6.07, 6.45) is 0. The Morgan fingerprint density at radius 3 is 2.42 bits per heavy atom. The van der Waals surface area contributed by atoms with E-state index in [4.69, 9.17) is 9.47 Å². The number of nitro groups is 2. The van der Waals surface area contributed by atoms with Gasteiger partial charge in [0.1, 0.15) is 12.3 Å². The molecule has 12 heteroatoms. The highest BCUT2D eigenvalue weighted by Gasteiger charge is 2.19. The third kappa shape index (κ3) is 5.12. The number of anilines is 1. The molecule has 0 aliphatic carbocycles. The second-order valence-corrected chi connectivity index (χ2v) is 6.33. The van der Waals surface area contributed by atoms with E-state index in [1.54, 1.807) is 31.2 Å². The Morgan fingerprint density at radius 1 is 1.10 bits per heavy atom. The third-order valence-electron chi connectivity index (χ3n) is 4.13. The predicted octanol–water partition coefficient (Wildman–Crippen LogP) is 3.45. The molecule has 31 heavy (non-hydrogen) atoms. The molecular formula is C19H17N5O7. The molecule has 160 valence electrons. The quantitative estimate of drug-likeness (QED) is 0.424. The van der Waals surface area contributed by atoms with E-state index in [0.717, 1.165) is 4.68 Å². The number of carbonyl (C=O) groups excluding carboxylic acids is 1. The molecular weight excluding hydrogens is 410 g/mol. The first-order valence-electron chi connectivity index (χ1n) is 8.86. The second kappa shape index (κ2) is 8.90. The van der Waals surface area contributed by atoms with Crippen molar-refractivity contribution in [2.24, 2.45) is 0 Å². The number of aromatic nitrogens is 2. The molecule has 0 bridgehead atoms. The van der Waals surface area contributed by atoms with Gasteiger partial charge in [-0.2, -0.15) is 4.68 Å². The highest BCUT2D eigenvalue weighted by molar-refractivity contribution is 5.91. The number of nitrogens with one attached hydrogen (secondary N) is 1. The van der Waals surface area contributed by atoms with Gasteiger partial charge in [-0.05, 0) is 24.0 Å². The SMILES string of the molecule is COc1ccccc1Oc1cc(NC(=O)Cn2nc([N+](=O)[O-])cc2C)cc([N+](=O)[O-])c1. The Bertz CT molecular complexity index is 1160. The van der Waals surface area contributed by atoms with E-state index in [1.165, 1.54) is 31.4 Å². The molecule has 0 radical (unpaired) electrons. The summed E-state index contributed by atoms with van der Waals surface area (Å²) in [6.45, 7) is 1.25. The fraction of sp³-hybridized carbons (Fsp3) is 0.158. The number of benzene rings is 2. The van der Waals surface area contributed by atoms with E-state index in [2.05, 4.69) is 10.4 Å². The molecule has 1 N–H and O–H groups in total. The van der Waals surface area contributed by atoms with Gasteiger partial charge in [0.05, 0.1) is 40.6 Å². The Hall–Kier alpha value is -4.48. The average molecular weight is 427 g/mol. The highest BCUT2D eigenvalue weighted by Crippen LogP contribution is 2.34. The lowest BCUT2D eigenvalue weighted by molar-refractivity contribution is -0.389. The number of methoxy groups -OCH3 is 1. The van der Waals surface area contributed by atoms with Crippen LogP contribution in [0.5, 0.6) is 17.2 Å². The summed E-state index contributed by atoms with van der Waals surface area (Å²) in [4.78, 5) is 33.2. The zero-order valence-corrected chi connectivity index (χ0v) is 16.5. The molecule has 3 rings (SSSR count). The molecule has 0 aliphatic heterocycles. The Labute approximate surface area is 175 Å². The summed E-state index contributed by atoms with van der Waals surface area (Å²) in [5, 5.41) is 28.4. The van der Waals surface area contributed by atoms with Crippen LogP contribution in [0, 0.1) is 27.2 Å². The van der Waals surface area contributed by atoms with Gasteiger partial charge in [0.2, 0.25) is 5.91 Å². The standard InChI is InChI=1S/C19H17N5O7/c1-12-7-18(24(28)29)21-22(12)11-19(25)20-13-8-14(23(26)27)10-15(9-13)31-17-6-4-3-5-16(17)30-2/h3-10H,11H2,1-2H3,(H,20,25). The fourth-order valence-corrected chi connectivity index (χ4v) is 2.73. The van der Waals surface area contributed by atoms with Gasteiger partial charge in [-0.25, -0.2) is 0 Å². The number of rotatable bonds is 8. The van der Waals surface area contributed by atoms with E-state index >= 15 is 0 Å². The zero-order chi connectivity index (χ0) is 22.5. The number of nitro benzene ring substituents is 1. The molecule has 0 atom stereocenters. The fourth-order valence-electron chi connectivity index (χ4n) is 2.73. The maximum atomic E-state index is 12.4. The van der Waals surface area contributed by atoms with Gasteiger partial charge in [0.15, 0.2) is 11.5 Å². The first kappa shape index (κ1) is 21.2. The number of hydrogen-bond donors (Lipinski definition) is 1. The van der Waals surface area contributed by atoms with Crippen molar-refractivity contribution in [1.82, 2.24) is 9.78 Å². The van der Waals surface area contributed by atoms with Crippen LogP contribution in [-0.2, 0) is 11.3 Å². The first-order chi connectivity index (χ1) is 14.8. The van der Waals surface area contributed by atoms with Crippen LogP contribution in [0.4, 0.5) is 17.2 Å². The van der Waals surface area contributed by atoms with Crippen LogP contribution in [0.2, 0.25) is 0 Å². The lowest BCUT2D eigenvalue weighted by atomic mass is 10.2. The van der Waals surface area contributed by atoms with E-state index in [1.807, 2.05) is 0 Å². The lowest BCUT2D eigenvalue weighted by Crippen LogP contribution is -2.20. The lowest BCUT2D eigenvalue weighted by Gasteiger charge is -2.11. The van der Waals surface area contributed by atoms with Crippen molar-refractivity contribution in [3.05, 3.63) is 74.5 Å². The van der Waals surface area contributed by atoms with Crippen LogP contribution in [0.15, 0.2) is 48.5 Å². The van der Waals surface area contributed by atoms with Crippen LogP contribution in [-0.4, -0.2) is 32.6 Å². The molecule has 0 spiro atoms. The first-order valence-corrected chi connectivity index (χ1v) is 8.86. The molecule has 0 saturated carbocycles. The van der Waals surface area contributed by atoms with E-state index in [-0.39, 0.29) is 29.5 Å². The van der Waals surface area contributed by atoms with Gasteiger partial charge in [-0.15, -0.1) is 0 Å². The van der Waals surface area contributed by atoms with Crippen LogP contribution < -0.4 is 14.8 Å². The molecule has 3 aromatic rings. The van der Waals surface area contributed by atoms with Crippen LogP contribution in [0.3, 0.4) is 0 Å². The van der Waals surface area contributed by atoms with Gasteiger partial charge in [0.25, 0.3) is 5.69 Å². The zero-order valence-electron chi connectivity index (χ0n) is 16.5. The minimum atomic E-state index is -0.663. The van der Waals surface area contributed by atoms with Gasteiger partial charge in [-0.3, -0.25) is 14.9 Å². The van der Waals surface area contributed by atoms with Crippen molar-refractivity contribution < 1.29 is 24.1 Å². The van der Waals surface area contributed by atoms with Crippen molar-refractivity contribution in [1.29, 1.82) is 0 Å². The summed E-state index contributed by atoms with van der Waals surface area (Å²) in [6, 6.07) is 11.8. The monoisotopic (exact) mass is 427 g/mol. The van der Waals surface area contributed by atoms with E-state index in [0.29, 0.717) is 17.2 Å². The second-order valence-electron chi connectivity index (χ2n) is 6.33. The maximum Gasteiger partial charge on any atom is 0.390 e. The van der Waals surface area contributed by atoms with Crippen molar-refractivity contribution in [2.75, 3.05) is 12.4 Å².